The van der Waals surface area contributed by atoms with Crippen LogP contribution in [0.25, 0.3) is 0 Å². The molecule has 1 aromatic heterocycles. The van der Waals surface area contributed by atoms with Gasteiger partial charge in [-0.3, -0.25) is 9.88 Å². The first kappa shape index (κ1) is 62.3. The summed E-state index contributed by atoms with van der Waals surface area (Å²) in [5.41, 5.74) is -0.613. The summed E-state index contributed by atoms with van der Waals surface area (Å²) >= 11 is 0. The number of piperazine rings is 1. The van der Waals surface area contributed by atoms with E-state index < -0.39 is 70.6 Å². The smallest absolute Gasteiger partial charge is 0.419 e. The molecule has 0 N–H and O–H groups in total. The van der Waals surface area contributed by atoms with E-state index in [0.29, 0.717) is 38.9 Å². The van der Waals surface area contributed by atoms with E-state index in [4.69, 9.17) is 33.4 Å². The average Bonchev–Trinajstić information content (AvgIpc) is 3.26. The summed E-state index contributed by atoms with van der Waals surface area (Å²) in [5.74, 6) is 0. The van der Waals surface area contributed by atoms with Crippen molar-refractivity contribution in [3.63, 3.8) is 0 Å². The number of pyridine rings is 1. The Bertz CT molecular complexity index is 2100. The van der Waals surface area contributed by atoms with Crippen molar-refractivity contribution in [1.29, 1.82) is 0 Å². The molecule has 0 bridgehead atoms. The summed E-state index contributed by atoms with van der Waals surface area (Å²) in [6.45, 7) is 28.5. The van der Waals surface area contributed by atoms with Gasteiger partial charge in [0.05, 0.1) is 17.8 Å². The van der Waals surface area contributed by atoms with Crippen LogP contribution in [0.2, 0.25) is 0 Å². The largest absolute Gasteiger partial charge is 0.445 e. The molecule has 0 radical (unpaired) electrons. The molecule has 4 rings (SSSR count). The molecule has 1 saturated heterocycles. The molecule has 19 heteroatoms. The summed E-state index contributed by atoms with van der Waals surface area (Å²) in [5, 5.41) is 0. The minimum atomic E-state index is -0.794. The Morgan fingerprint density at radius 3 is 1.62 bits per heavy atom. The maximum atomic E-state index is 13.7. The number of nitrogens with zero attached hydrogens (tertiary/aromatic N) is 6. The minimum absolute atomic E-state index is 0.0383. The Morgan fingerprint density at radius 1 is 0.622 bits per heavy atom. The lowest BCUT2D eigenvalue weighted by molar-refractivity contribution is -0.108. The third-order valence-corrected chi connectivity index (χ3v) is 10.9. The Kier molecular flexibility index (Phi) is 23.2. The summed E-state index contributed by atoms with van der Waals surface area (Å²) < 4.78 is 33.0. The molecule has 74 heavy (non-hydrogen) atoms. The number of aromatic nitrogens is 1. The Balaban J connectivity index is 0.000000608. The topological polar surface area (TPSA) is 204 Å². The average molecular weight is 1040 g/mol. The second-order valence-electron chi connectivity index (χ2n) is 23.5. The Hall–Kier alpha value is -5.98. The van der Waals surface area contributed by atoms with Crippen LogP contribution in [0, 0.1) is 0 Å². The predicted octanol–water partition coefficient (Wildman–Crippen LogP) is 11.1. The first-order valence-electron chi connectivity index (χ1n) is 25.8. The zero-order valence-corrected chi connectivity index (χ0v) is 46.9. The third kappa shape index (κ3) is 23.1. The second kappa shape index (κ2) is 27.5. The maximum absolute atomic E-state index is 13.7. The van der Waals surface area contributed by atoms with Gasteiger partial charge in [-0.25, -0.2) is 38.6 Å². The molecule has 6 amide bonds. The number of hydrogen-bond donors (Lipinski definition) is 0. The van der Waals surface area contributed by atoms with Gasteiger partial charge in [0.1, 0.15) is 40.9 Å². The number of ether oxygens (including phenoxy) is 6. The van der Waals surface area contributed by atoms with Crippen molar-refractivity contribution >= 4 is 42.8 Å². The molecular weight excluding hydrogens is 953 g/mol. The van der Waals surface area contributed by atoms with Gasteiger partial charge < -0.3 is 43.0 Å². The van der Waals surface area contributed by atoms with Crippen LogP contribution in [0.1, 0.15) is 165 Å². The van der Waals surface area contributed by atoms with Gasteiger partial charge >= 0.3 is 36.6 Å². The van der Waals surface area contributed by atoms with E-state index in [1.54, 1.807) is 92.9 Å². The Morgan fingerprint density at radius 2 is 1.12 bits per heavy atom. The van der Waals surface area contributed by atoms with E-state index in [-0.39, 0.29) is 45.2 Å². The van der Waals surface area contributed by atoms with Gasteiger partial charge in [-0.05, 0) is 166 Å². The molecule has 0 saturated carbocycles. The molecule has 1 fully saturated rings. The first-order valence-corrected chi connectivity index (χ1v) is 25.8. The molecule has 1 aliphatic carbocycles. The van der Waals surface area contributed by atoms with Crippen LogP contribution >= 0.6 is 0 Å². The molecule has 1 aromatic carbocycles. The normalized spacial score (nSPS) is 16.1. The molecule has 2 aliphatic rings. The number of amides is 6. The van der Waals surface area contributed by atoms with Crippen LogP contribution in [-0.2, 0) is 46.2 Å². The number of imide groups is 2. The van der Waals surface area contributed by atoms with Crippen molar-refractivity contribution in [3.05, 3.63) is 65.5 Å². The number of rotatable bonds is 14. The second-order valence-corrected chi connectivity index (χ2v) is 23.5. The lowest BCUT2D eigenvalue weighted by atomic mass is 9.90. The number of aryl methyl sites for hydroxylation is 1. The number of fused-ring (bicyclic) bond motifs is 1. The molecule has 19 nitrogen and oxygen atoms in total. The molecule has 2 aromatic rings. The monoisotopic (exact) mass is 1040 g/mol. The zero-order valence-electron chi connectivity index (χ0n) is 46.9. The molecule has 1 unspecified atom stereocenters. The molecule has 414 valence electrons. The van der Waals surface area contributed by atoms with Gasteiger partial charge in [-0.2, -0.15) is 0 Å². The van der Waals surface area contributed by atoms with Crippen molar-refractivity contribution in [3.8, 4) is 0 Å². The van der Waals surface area contributed by atoms with Crippen molar-refractivity contribution < 1.29 is 62.0 Å². The van der Waals surface area contributed by atoms with E-state index in [0.717, 1.165) is 46.6 Å². The summed E-state index contributed by atoms with van der Waals surface area (Å²) in [7, 11) is 0. The lowest BCUT2D eigenvalue weighted by Gasteiger charge is -2.44. The number of aldehydes is 1. The SMILES string of the molecule is CC(C)(C)OC(=O)N(CCCC=O)C(=O)OC(C)(C)C.CC(C)(C)OC(=O)N(CCCCN(CC1CN(C(=O)OCc2ccccc2)CCN1C(=O)OC(C)(C)C)[C@H]1CCCc2cccnc21)C(=O)OC(C)(C)C. The van der Waals surface area contributed by atoms with Gasteiger partial charge in [0, 0.05) is 51.9 Å². The summed E-state index contributed by atoms with van der Waals surface area (Å²) in [4.78, 5) is 100. The lowest BCUT2D eigenvalue weighted by Crippen LogP contribution is -2.60. The van der Waals surface area contributed by atoms with E-state index in [2.05, 4.69) is 11.0 Å². The maximum Gasteiger partial charge on any atom is 0.419 e. The fraction of sp³-hybridized carbons (Fsp3) is 0.673. The molecular formula is C55H86N6O13. The van der Waals surface area contributed by atoms with Crippen LogP contribution in [0.3, 0.4) is 0 Å². The fourth-order valence-electron chi connectivity index (χ4n) is 7.83. The van der Waals surface area contributed by atoms with Gasteiger partial charge in [0.2, 0.25) is 0 Å². The van der Waals surface area contributed by atoms with Crippen molar-refractivity contribution in [1.82, 2.24) is 29.5 Å². The number of hydrogen-bond acceptors (Lipinski definition) is 15. The first-order chi connectivity index (χ1) is 34.3. The van der Waals surface area contributed by atoms with Crippen LogP contribution in [0.4, 0.5) is 28.8 Å². The standard InChI is InChI=1S/C41H61N5O8.C14H25NO5/c1-39(2,3)52-36(48)45-26-25-44(35(47)51-29-30-17-11-10-12-18-30)28-32(45)27-43(33-21-15-19-31-20-16-22-42-34(31)33)23-13-14-24-46(37(49)53-40(4,5)6)38(50)54-41(7,8)9;1-13(2,3)19-11(17)15(9-7-8-10-16)12(18)20-14(4,5)6/h10-12,16-18,20,22,32-33H,13-15,19,21,23-29H2,1-9H3;10H,7-9H2,1-6H3/t32?,33-;/m0./s1. The van der Waals surface area contributed by atoms with Crippen LogP contribution in [0.5, 0.6) is 0 Å². The number of benzene rings is 1. The summed E-state index contributed by atoms with van der Waals surface area (Å²) in [6, 6.07) is 13.2. The number of unbranched alkanes of at least 4 members (excludes halogenated alkanes) is 2. The summed E-state index contributed by atoms with van der Waals surface area (Å²) in [6.07, 6.45) is 3.15. The zero-order chi connectivity index (χ0) is 55.7. The highest BCUT2D eigenvalue weighted by Gasteiger charge is 2.39. The fourth-order valence-corrected chi connectivity index (χ4v) is 7.83. The number of carbonyl (C=O) groups excluding carboxylic acids is 7. The highest BCUT2D eigenvalue weighted by atomic mass is 16.6. The number of carbonyl (C=O) groups is 7. The highest BCUT2D eigenvalue weighted by Crippen LogP contribution is 2.34. The molecule has 2 atom stereocenters. The van der Waals surface area contributed by atoms with Gasteiger partial charge in [0.15, 0.2) is 0 Å². The minimum Gasteiger partial charge on any atom is -0.445 e. The van der Waals surface area contributed by atoms with Gasteiger partial charge in [-0.1, -0.05) is 36.4 Å². The van der Waals surface area contributed by atoms with Crippen LogP contribution in [-0.4, -0.2) is 152 Å². The van der Waals surface area contributed by atoms with E-state index in [9.17, 15) is 33.6 Å². The third-order valence-electron chi connectivity index (χ3n) is 10.9. The predicted molar refractivity (Wildman–Crippen MR) is 279 cm³/mol. The quantitative estimate of drug-likeness (QED) is 0.0981. The highest BCUT2D eigenvalue weighted by molar-refractivity contribution is 5.88. The van der Waals surface area contributed by atoms with Crippen molar-refractivity contribution in [2.24, 2.45) is 0 Å². The van der Waals surface area contributed by atoms with Gasteiger partial charge in [-0.15, -0.1) is 0 Å². The van der Waals surface area contributed by atoms with E-state index >= 15 is 0 Å². The van der Waals surface area contributed by atoms with Gasteiger partial charge in [0.25, 0.3) is 0 Å². The Labute approximate surface area is 439 Å². The van der Waals surface area contributed by atoms with Crippen LogP contribution < -0.4 is 0 Å². The van der Waals surface area contributed by atoms with E-state index in [1.165, 1.54) is 5.56 Å². The molecule has 1 aliphatic heterocycles. The molecule has 2 heterocycles. The van der Waals surface area contributed by atoms with Crippen LogP contribution in [0.15, 0.2) is 48.7 Å². The van der Waals surface area contributed by atoms with Crippen molar-refractivity contribution in [2.75, 3.05) is 45.8 Å². The van der Waals surface area contributed by atoms with E-state index in [1.807, 2.05) is 63.4 Å². The van der Waals surface area contributed by atoms with Crippen molar-refractivity contribution in [2.45, 2.75) is 195 Å². The molecule has 0 spiro atoms.